The molecule has 0 saturated carbocycles. The molecule has 2 aliphatic heterocycles. The maximum atomic E-state index is 10.1. The van der Waals surface area contributed by atoms with Crippen molar-refractivity contribution in [3.63, 3.8) is 0 Å². The molecule has 2 aliphatic rings. The van der Waals surface area contributed by atoms with Crippen LogP contribution in [0, 0.1) is 0 Å². The summed E-state index contributed by atoms with van der Waals surface area (Å²) in [6, 6.07) is 0. The van der Waals surface area contributed by atoms with Gasteiger partial charge in [-0.1, -0.05) is 0 Å². The van der Waals surface area contributed by atoms with E-state index in [0.717, 1.165) is 0 Å². The summed E-state index contributed by atoms with van der Waals surface area (Å²) in [5, 5.41) is 13.3. The molecule has 0 spiro atoms. The van der Waals surface area contributed by atoms with Crippen LogP contribution in [0.4, 0.5) is 0 Å². The minimum absolute atomic E-state index is 0.252. The van der Waals surface area contributed by atoms with Gasteiger partial charge in [-0.2, -0.15) is 10.2 Å². The van der Waals surface area contributed by atoms with E-state index in [2.05, 4.69) is 20.5 Å². The standard InChI is InChI=1S/2C4H4N2O/c2*1-3-2-4(7)6-5-3/h2*2H,1H3. The molecule has 0 aromatic rings. The Bertz CT molecular complexity index is 352. The predicted molar refractivity (Wildman–Crippen MR) is 47.2 cm³/mol. The summed E-state index contributed by atoms with van der Waals surface area (Å²) in [4.78, 5) is 20.2. The van der Waals surface area contributed by atoms with Gasteiger partial charge < -0.3 is 0 Å². The molecule has 2 rings (SSSR count). The zero-order chi connectivity index (χ0) is 10.6. The molecule has 0 aliphatic carbocycles. The molecule has 0 radical (unpaired) electrons. The third-order valence-electron chi connectivity index (χ3n) is 1.28. The van der Waals surface area contributed by atoms with E-state index in [1.165, 1.54) is 12.2 Å². The molecule has 0 aromatic heterocycles. The summed E-state index contributed by atoms with van der Waals surface area (Å²) in [6.45, 7) is 3.46. The zero-order valence-corrected chi connectivity index (χ0v) is 7.76. The van der Waals surface area contributed by atoms with Crippen molar-refractivity contribution in [2.24, 2.45) is 20.5 Å². The number of amides is 2. The maximum Gasteiger partial charge on any atom is 0.290 e. The van der Waals surface area contributed by atoms with Gasteiger partial charge >= 0.3 is 0 Å². The van der Waals surface area contributed by atoms with Crippen LogP contribution >= 0.6 is 0 Å². The molecular formula is C8H8N4O2. The SMILES string of the molecule is CC1=CC(=O)N=N1.CC1=CC(=O)N=N1. The molecule has 0 fully saturated rings. The van der Waals surface area contributed by atoms with Gasteiger partial charge in [-0.3, -0.25) is 9.59 Å². The first-order valence-electron chi connectivity index (χ1n) is 3.86. The summed E-state index contributed by atoms with van der Waals surface area (Å²) in [6.07, 6.45) is 2.78. The van der Waals surface area contributed by atoms with Crippen LogP contribution in [0.15, 0.2) is 44.0 Å². The second-order valence-corrected chi connectivity index (χ2v) is 2.65. The van der Waals surface area contributed by atoms with Gasteiger partial charge in [0.25, 0.3) is 11.8 Å². The molecule has 0 unspecified atom stereocenters. The molecule has 2 amide bonds. The Balaban J connectivity index is 0.000000140. The number of hydrogen-bond donors (Lipinski definition) is 0. The quantitative estimate of drug-likeness (QED) is 0.585. The first kappa shape index (κ1) is 10.1. The van der Waals surface area contributed by atoms with Crippen LogP contribution < -0.4 is 0 Å². The fraction of sp³-hybridized carbons (Fsp3) is 0.250. The molecule has 0 N–H and O–H groups in total. The first-order valence-corrected chi connectivity index (χ1v) is 3.86. The van der Waals surface area contributed by atoms with Gasteiger partial charge in [-0.05, 0) is 13.8 Å². The van der Waals surface area contributed by atoms with E-state index in [1.54, 1.807) is 13.8 Å². The number of rotatable bonds is 0. The number of carbonyl (C=O) groups is 2. The minimum atomic E-state index is -0.252. The highest BCUT2D eigenvalue weighted by Crippen LogP contribution is 2.03. The Morgan fingerprint density at radius 2 is 1.14 bits per heavy atom. The summed E-state index contributed by atoms with van der Waals surface area (Å²) in [7, 11) is 0. The van der Waals surface area contributed by atoms with E-state index >= 15 is 0 Å². The summed E-state index contributed by atoms with van der Waals surface area (Å²) in [5.41, 5.74) is 1.37. The largest absolute Gasteiger partial charge is 0.290 e. The van der Waals surface area contributed by atoms with Crippen molar-refractivity contribution in [2.45, 2.75) is 13.8 Å². The second kappa shape index (κ2) is 4.31. The lowest BCUT2D eigenvalue weighted by molar-refractivity contribution is -0.114. The molecular weight excluding hydrogens is 184 g/mol. The topological polar surface area (TPSA) is 83.6 Å². The van der Waals surface area contributed by atoms with Crippen molar-refractivity contribution in [3.05, 3.63) is 23.5 Å². The van der Waals surface area contributed by atoms with Crippen LogP contribution in [-0.2, 0) is 9.59 Å². The van der Waals surface area contributed by atoms with Gasteiger partial charge in [0, 0.05) is 12.2 Å². The van der Waals surface area contributed by atoms with Crippen LogP contribution in [0.3, 0.4) is 0 Å². The molecule has 2 heterocycles. The molecule has 6 heteroatoms. The summed E-state index contributed by atoms with van der Waals surface area (Å²) in [5.74, 6) is -0.505. The zero-order valence-electron chi connectivity index (χ0n) is 7.76. The van der Waals surface area contributed by atoms with Crippen molar-refractivity contribution >= 4 is 11.8 Å². The predicted octanol–water partition coefficient (Wildman–Crippen LogP) is 1.77. The molecule has 14 heavy (non-hydrogen) atoms. The molecule has 6 nitrogen and oxygen atoms in total. The summed E-state index contributed by atoms with van der Waals surface area (Å²) >= 11 is 0. The minimum Gasteiger partial charge on any atom is -0.266 e. The van der Waals surface area contributed by atoms with Crippen molar-refractivity contribution < 1.29 is 9.59 Å². The molecule has 0 bridgehead atoms. The number of hydrogen-bond acceptors (Lipinski definition) is 4. The van der Waals surface area contributed by atoms with Crippen LogP contribution in [-0.4, -0.2) is 11.8 Å². The van der Waals surface area contributed by atoms with E-state index in [0.29, 0.717) is 11.4 Å². The van der Waals surface area contributed by atoms with E-state index < -0.39 is 0 Å². The van der Waals surface area contributed by atoms with Gasteiger partial charge in [-0.15, -0.1) is 10.2 Å². The van der Waals surface area contributed by atoms with E-state index in [4.69, 9.17) is 0 Å². The van der Waals surface area contributed by atoms with Crippen LogP contribution in [0.1, 0.15) is 13.8 Å². The normalized spacial score (nSPS) is 17.9. The Kier molecular flexibility index (Phi) is 3.11. The highest BCUT2D eigenvalue weighted by molar-refractivity contribution is 5.90. The van der Waals surface area contributed by atoms with Gasteiger partial charge in [0.2, 0.25) is 0 Å². The molecule has 0 atom stereocenters. The van der Waals surface area contributed by atoms with Crippen LogP contribution in [0.2, 0.25) is 0 Å². The highest BCUT2D eigenvalue weighted by Gasteiger charge is 2.00. The Labute approximate surface area is 80.1 Å². The maximum absolute atomic E-state index is 10.1. The molecule has 0 saturated heterocycles. The lowest BCUT2D eigenvalue weighted by Crippen LogP contribution is -1.75. The Morgan fingerprint density at radius 1 is 0.786 bits per heavy atom. The number of carbonyl (C=O) groups excluding carboxylic acids is 2. The molecule has 72 valence electrons. The Hall–Kier alpha value is -1.98. The van der Waals surface area contributed by atoms with Gasteiger partial charge in [-0.25, -0.2) is 0 Å². The third kappa shape index (κ3) is 3.18. The van der Waals surface area contributed by atoms with Crippen LogP contribution in [0.25, 0.3) is 0 Å². The fourth-order valence-corrected chi connectivity index (χ4v) is 0.729. The Morgan fingerprint density at radius 3 is 1.21 bits per heavy atom. The number of azo groups is 2. The van der Waals surface area contributed by atoms with Crippen molar-refractivity contribution in [2.75, 3.05) is 0 Å². The van der Waals surface area contributed by atoms with Crippen molar-refractivity contribution in [3.8, 4) is 0 Å². The number of nitrogens with zero attached hydrogens (tertiary/aromatic N) is 4. The summed E-state index contributed by atoms with van der Waals surface area (Å²) < 4.78 is 0. The number of allylic oxidation sites excluding steroid dienone is 2. The van der Waals surface area contributed by atoms with Crippen molar-refractivity contribution in [1.82, 2.24) is 0 Å². The lowest BCUT2D eigenvalue weighted by Gasteiger charge is -1.67. The molecule has 0 aromatic carbocycles. The first-order chi connectivity index (χ1) is 6.58. The van der Waals surface area contributed by atoms with E-state index in [1.807, 2.05) is 0 Å². The van der Waals surface area contributed by atoms with E-state index in [-0.39, 0.29) is 11.8 Å². The lowest BCUT2D eigenvalue weighted by atomic mass is 10.5. The van der Waals surface area contributed by atoms with Gasteiger partial charge in [0.05, 0.1) is 11.4 Å². The average molecular weight is 192 g/mol. The second-order valence-electron chi connectivity index (χ2n) is 2.65. The fourth-order valence-electron chi connectivity index (χ4n) is 0.729. The van der Waals surface area contributed by atoms with Crippen molar-refractivity contribution in [1.29, 1.82) is 0 Å². The monoisotopic (exact) mass is 192 g/mol. The smallest absolute Gasteiger partial charge is 0.266 e. The highest BCUT2D eigenvalue weighted by atomic mass is 16.2. The van der Waals surface area contributed by atoms with E-state index in [9.17, 15) is 9.59 Å². The van der Waals surface area contributed by atoms with Gasteiger partial charge in [0.15, 0.2) is 0 Å². The third-order valence-corrected chi connectivity index (χ3v) is 1.28. The van der Waals surface area contributed by atoms with Crippen LogP contribution in [0.5, 0.6) is 0 Å². The average Bonchev–Trinajstić information content (AvgIpc) is 2.63. The van der Waals surface area contributed by atoms with Gasteiger partial charge in [0.1, 0.15) is 0 Å².